The van der Waals surface area contributed by atoms with Crippen molar-refractivity contribution in [3.63, 3.8) is 0 Å². The van der Waals surface area contributed by atoms with Crippen LogP contribution >= 0.6 is 0 Å². The van der Waals surface area contributed by atoms with E-state index in [-0.39, 0.29) is 89.1 Å². The van der Waals surface area contributed by atoms with Crippen molar-refractivity contribution >= 4 is 47.9 Å². The minimum atomic E-state index is -1.08. The molecule has 0 aromatic heterocycles. The first-order chi connectivity index (χ1) is 26.4. The van der Waals surface area contributed by atoms with E-state index >= 15 is 0 Å². The van der Waals surface area contributed by atoms with Gasteiger partial charge in [-0.05, 0) is 88.0 Å². The Morgan fingerprint density at radius 1 is 0.421 bits per heavy atom. The van der Waals surface area contributed by atoms with Crippen LogP contribution in [-0.2, 0) is 38.2 Å². The fourth-order valence-electron chi connectivity index (χ4n) is 4.80. The van der Waals surface area contributed by atoms with Crippen LogP contribution in [0.5, 0.6) is 0 Å². The maximum absolute atomic E-state index is 13.3. The number of hydrogen-bond acceptors (Lipinski definition) is 11. The molecule has 0 spiro atoms. The molecular weight excluding hydrogens is 746 g/mol. The third kappa shape index (κ3) is 32.0. The van der Waals surface area contributed by atoms with E-state index in [1.807, 2.05) is 0 Å². The molecule has 0 aromatic carbocycles. The molecule has 19 nitrogen and oxygen atoms in total. The third-order valence-electron chi connectivity index (χ3n) is 7.27. The van der Waals surface area contributed by atoms with Crippen molar-refractivity contribution in [2.45, 2.75) is 137 Å². The fraction of sp³-hybridized carbons (Fsp3) is 0.789. The molecule has 19 heteroatoms. The van der Waals surface area contributed by atoms with Gasteiger partial charge in [-0.2, -0.15) is 0 Å². The summed E-state index contributed by atoms with van der Waals surface area (Å²) in [6.45, 7) is 17.5. The molecule has 57 heavy (non-hydrogen) atoms. The zero-order chi connectivity index (χ0) is 43.7. The summed E-state index contributed by atoms with van der Waals surface area (Å²) in [5, 5.41) is 21.9. The topological polar surface area (TPSA) is 251 Å². The lowest BCUT2D eigenvalue weighted by atomic mass is 10.2. The molecule has 0 unspecified atom stereocenters. The number of nitrogens with one attached hydrogen (secondary N) is 5. The predicted octanol–water partition coefficient (Wildman–Crippen LogP) is 3.05. The maximum atomic E-state index is 13.3. The summed E-state index contributed by atoms with van der Waals surface area (Å²) in [7, 11) is 0. The SMILES string of the molecule is CC(C)(C)OC(=O)NCCC(=O)NCCCN(CCCCN(CCCNC(=O)CCC(=O)O)C(=O)CCNC(=O)OC(C)(C)C)C(=O)CCNC(=O)OC(C)(C)C. The summed E-state index contributed by atoms with van der Waals surface area (Å²) in [6.07, 6.45) is -0.428. The molecule has 7 amide bonds. The number of carbonyl (C=O) groups excluding carboxylic acids is 7. The van der Waals surface area contributed by atoms with Crippen LogP contribution in [0, 0.1) is 0 Å². The van der Waals surface area contributed by atoms with Crippen LogP contribution in [0.2, 0.25) is 0 Å². The highest BCUT2D eigenvalue weighted by molar-refractivity contribution is 5.81. The molecule has 0 rings (SSSR count). The average molecular weight is 816 g/mol. The summed E-state index contributed by atoms with van der Waals surface area (Å²) >= 11 is 0. The number of aliphatic carboxylic acids is 1. The van der Waals surface area contributed by atoms with E-state index in [1.54, 1.807) is 72.1 Å². The van der Waals surface area contributed by atoms with Gasteiger partial charge >= 0.3 is 24.2 Å². The van der Waals surface area contributed by atoms with Crippen LogP contribution in [0.4, 0.5) is 14.4 Å². The van der Waals surface area contributed by atoms with Gasteiger partial charge in [0.05, 0.1) is 6.42 Å². The second-order valence-electron chi connectivity index (χ2n) is 16.3. The van der Waals surface area contributed by atoms with Gasteiger partial charge in [0.2, 0.25) is 23.6 Å². The molecule has 0 aliphatic rings. The molecule has 0 bridgehead atoms. The Bertz CT molecular complexity index is 1310. The molecule has 0 aliphatic carbocycles. The van der Waals surface area contributed by atoms with E-state index in [0.29, 0.717) is 45.3 Å². The van der Waals surface area contributed by atoms with Crippen molar-refractivity contribution in [2.75, 3.05) is 58.9 Å². The Morgan fingerprint density at radius 3 is 1.07 bits per heavy atom. The number of carboxylic acids is 1. The minimum Gasteiger partial charge on any atom is -0.481 e. The minimum absolute atomic E-state index is 0.00224. The summed E-state index contributed by atoms with van der Waals surface area (Å²) in [4.78, 5) is 101. The van der Waals surface area contributed by atoms with Crippen molar-refractivity contribution < 1.29 is 57.7 Å². The number of alkyl carbamates (subject to hydrolysis) is 3. The Morgan fingerprint density at radius 2 is 0.737 bits per heavy atom. The van der Waals surface area contributed by atoms with E-state index in [0.717, 1.165) is 0 Å². The third-order valence-corrected chi connectivity index (χ3v) is 7.27. The summed E-state index contributed by atoms with van der Waals surface area (Å²) < 4.78 is 15.6. The van der Waals surface area contributed by atoms with Gasteiger partial charge in [0, 0.05) is 84.6 Å². The average Bonchev–Trinajstić information content (AvgIpc) is 3.04. The Hall–Kier alpha value is -4.84. The van der Waals surface area contributed by atoms with E-state index < -0.39 is 47.0 Å². The lowest BCUT2D eigenvalue weighted by Gasteiger charge is -2.26. The number of ether oxygens (including phenoxy) is 3. The maximum Gasteiger partial charge on any atom is 0.407 e. The zero-order valence-electron chi connectivity index (χ0n) is 35.6. The van der Waals surface area contributed by atoms with E-state index in [4.69, 9.17) is 19.3 Å². The molecule has 0 atom stereocenters. The second kappa shape index (κ2) is 26.9. The summed E-state index contributed by atoms with van der Waals surface area (Å²) in [5.74, 6) is -2.22. The van der Waals surface area contributed by atoms with Crippen LogP contribution in [0.15, 0.2) is 0 Å². The highest BCUT2D eigenvalue weighted by atomic mass is 16.6. The van der Waals surface area contributed by atoms with Crippen LogP contribution in [-0.4, -0.2) is 138 Å². The number of carboxylic acid groups (broad SMARTS) is 1. The van der Waals surface area contributed by atoms with E-state index in [1.165, 1.54) is 0 Å². The highest BCUT2D eigenvalue weighted by Crippen LogP contribution is 2.09. The lowest BCUT2D eigenvalue weighted by Crippen LogP contribution is -2.40. The zero-order valence-corrected chi connectivity index (χ0v) is 35.6. The van der Waals surface area contributed by atoms with Gasteiger partial charge in [0.15, 0.2) is 0 Å². The summed E-state index contributed by atoms with van der Waals surface area (Å²) in [5.41, 5.74) is -2.06. The molecule has 6 N–H and O–H groups in total. The molecular formula is C38H69N7O12. The van der Waals surface area contributed by atoms with Crippen molar-refractivity contribution in [3.05, 3.63) is 0 Å². The predicted molar refractivity (Wildman–Crippen MR) is 211 cm³/mol. The van der Waals surface area contributed by atoms with Gasteiger partial charge in [0.25, 0.3) is 0 Å². The van der Waals surface area contributed by atoms with E-state index in [9.17, 15) is 38.4 Å². The van der Waals surface area contributed by atoms with Gasteiger partial charge in [-0.25, -0.2) is 14.4 Å². The Labute approximate surface area is 337 Å². The van der Waals surface area contributed by atoms with Crippen LogP contribution < -0.4 is 26.6 Å². The molecule has 0 aromatic rings. The molecule has 328 valence electrons. The number of amides is 7. The molecule has 0 radical (unpaired) electrons. The number of unbranched alkanes of at least 4 members (excludes halogenated alkanes) is 1. The number of rotatable bonds is 25. The highest BCUT2D eigenvalue weighted by Gasteiger charge is 2.20. The second-order valence-corrected chi connectivity index (χ2v) is 16.3. The van der Waals surface area contributed by atoms with Gasteiger partial charge < -0.3 is 55.7 Å². The van der Waals surface area contributed by atoms with Crippen LogP contribution in [0.1, 0.15) is 120 Å². The first-order valence-corrected chi connectivity index (χ1v) is 19.6. The number of carbonyl (C=O) groups is 8. The van der Waals surface area contributed by atoms with Gasteiger partial charge in [-0.3, -0.25) is 24.0 Å². The first-order valence-electron chi connectivity index (χ1n) is 19.6. The Balaban J connectivity index is 5.32. The van der Waals surface area contributed by atoms with Crippen LogP contribution in [0.3, 0.4) is 0 Å². The van der Waals surface area contributed by atoms with Crippen molar-refractivity contribution in [1.82, 2.24) is 36.4 Å². The molecule has 0 saturated heterocycles. The first kappa shape index (κ1) is 52.2. The van der Waals surface area contributed by atoms with Gasteiger partial charge in [0.1, 0.15) is 16.8 Å². The van der Waals surface area contributed by atoms with Gasteiger partial charge in [-0.15, -0.1) is 0 Å². The smallest absolute Gasteiger partial charge is 0.407 e. The van der Waals surface area contributed by atoms with Crippen molar-refractivity contribution in [2.24, 2.45) is 0 Å². The van der Waals surface area contributed by atoms with Gasteiger partial charge in [-0.1, -0.05) is 0 Å². The van der Waals surface area contributed by atoms with Crippen molar-refractivity contribution in [3.8, 4) is 0 Å². The van der Waals surface area contributed by atoms with Crippen LogP contribution in [0.25, 0.3) is 0 Å². The number of nitrogens with zero attached hydrogens (tertiary/aromatic N) is 2. The molecule has 0 aliphatic heterocycles. The van der Waals surface area contributed by atoms with Crippen molar-refractivity contribution in [1.29, 1.82) is 0 Å². The number of hydrogen-bond donors (Lipinski definition) is 6. The molecule has 0 saturated carbocycles. The standard InChI is InChI=1S/C38H69N7O12/c1-36(2,3)55-33(52)41-21-16-29(47)40-20-13-27-45(31(49)18-23-43-35(54)57-38(7,8)9)25-11-10-24-44(26-12-19-39-28(46)14-15-32(50)51)30(48)17-22-42-34(53)56-37(4,5)6/h10-27H2,1-9H3,(H,39,46)(H,40,47)(H,41,52)(H,42,53)(H,43,54)(H,50,51). The lowest BCUT2D eigenvalue weighted by molar-refractivity contribution is -0.139. The monoisotopic (exact) mass is 816 g/mol. The summed E-state index contributed by atoms with van der Waals surface area (Å²) in [6, 6.07) is 0. The Kier molecular flexibility index (Phi) is 24.6. The molecule has 0 heterocycles. The fourth-order valence-corrected chi connectivity index (χ4v) is 4.80. The normalized spacial score (nSPS) is 11.4. The quantitative estimate of drug-likeness (QED) is 0.0575. The largest absolute Gasteiger partial charge is 0.481 e. The van der Waals surface area contributed by atoms with E-state index in [2.05, 4.69) is 26.6 Å². The molecule has 0 fully saturated rings.